The van der Waals surface area contributed by atoms with Gasteiger partial charge in [0.2, 0.25) is 5.91 Å². The Labute approximate surface area is 207 Å². The quantitative estimate of drug-likeness (QED) is 0.447. The van der Waals surface area contributed by atoms with Crippen LogP contribution in [0.25, 0.3) is 28.2 Å². The maximum Gasteiger partial charge on any atom is 0.236 e. The average molecular weight is 485 g/mol. The van der Waals surface area contributed by atoms with Crippen LogP contribution in [-0.2, 0) is 11.3 Å². The molecular weight excluding hydrogens is 459 g/mol. The van der Waals surface area contributed by atoms with Gasteiger partial charge in [0.1, 0.15) is 12.1 Å². The van der Waals surface area contributed by atoms with Crippen LogP contribution >= 0.6 is 0 Å². The number of aromatic nitrogens is 5. The molecule has 5 heterocycles. The lowest BCUT2D eigenvalue weighted by atomic mass is 10.0. The zero-order valence-electron chi connectivity index (χ0n) is 19.9. The number of hydrogen-bond donors (Lipinski definition) is 1. The lowest BCUT2D eigenvalue weighted by Gasteiger charge is -2.33. The van der Waals surface area contributed by atoms with Gasteiger partial charge in [0.05, 0.1) is 29.0 Å². The molecule has 36 heavy (non-hydrogen) atoms. The summed E-state index contributed by atoms with van der Waals surface area (Å²) in [4.78, 5) is 27.3. The third-order valence-electron chi connectivity index (χ3n) is 6.32. The van der Waals surface area contributed by atoms with E-state index in [0.717, 1.165) is 24.1 Å². The zero-order valence-corrected chi connectivity index (χ0v) is 19.9. The summed E-state index contributed by atoms with van der Waals surface area (Å²) < 4.78 is 17.5. The fourth-order valence-corrected chi connectivity index (χ4v) is 4.51. The minimum absolute atomic E-state index is 0.0252. The van der Waals surface area contributed by atoms with Gasteiger partial charge >= 0.3 is 0 Å². The number of fused-ring (bicyclic) bond motifs is 1. The number of nitriles is 1. The van der Waals surface area contributed by atoms with E-state index < -0.39 is 5.82 Å². The summed E-state index contributed by atoms with van der Waals surface area (Å²) in [6.45, 7) is 3.12. The van der Waals surface area contributed by atoms with Gasteiger partial charge in [-0.25, -0.2) is 18.9 Å². The first-order valence-electron chi connectivity index (χ1n) is 11.8. The van der Waals surface area contributed by atoms with Gasteiger partial charge in [0.25, 0.3) is 0 Å². The summed E-state index contributed by atoms with van der Waals surface area (Å²) in [6, 6.07) is 11.1. The average Bonchev–Trinajstić information content (AvgIpc) is 3.33. The number of carbonyl (C=O) groups is 1. The SMILES string of the molecule is Cc1cc(-c2nc(-c3cnn4ccccc34)nc(CN[C@@H]3CCCN(C(=O)CC#N)C3)c2F)ccn1. The fraction of sp³-hybridized carbons (Fsp3) is 0.308. The second kappa shape index (κ2) is 10.2. The van der Waals surface area contributed by atoms with E-state index in [0.29, 0.717) is 30.0 Å². The van der Waals surface area contributed by atoms with Crippen molar-refractivity contribution in [2.45, 2.75) is 38.8 Å². The summed E-state index contributed by atoms with van der Waals surface area (Å²) in [6.07, 6.45) is 6.68. The number of pyridine rings is 2. The molecule has 1 saturated heterocycles. The molecule has 1 amide bonds. The number of halogens is 1. The van der Waals surface area contributed by atoms with E-state index in [9.17, 15) is 4.79 Å². The number of amides is 1. The highest BCUT2D eigenvalue weighted by Crippen LogP contribution is 2.28. The number of hydrogen-bond acceptors (Lipinski definition) is 7. The van der Waals surface area contributed by atoms with Crippen LogP contribution in [0.4, 0.5) is 4.39 Å². The number of carbonyl (C=O) groups excluding carboxylic acids is 1. The van der Waals surface area contributed by atoms with Gasteiger partial charge in [-0.1, -0.05) is 6.07 Å². The highest BCUT2D eigenvalue weighted by atomic mass is 19.1. The lowest BCUT2D eigenvalue weighted by Crippen LogP contribution is -2.47. The molecule has 1 N–H and O–H groups in total. The molecule has 1 fully saturated rings. The minimum atomic E-state index is -0.499. The summed E-state index contributed by atoms with van der Waals surface area (Å²) in [5, 5.41) is 16.6. The first kappa shape index (κ1) is 23.5. The Hall–Kier alpha value is -4.23. The van der Waals surface area contributed by atoms with Gasteiger partial charge in [0, 0.05) is 49.3 Å². The van der Waals surface area contributed by atoms with Crippen molar-refractivity contribution in [3.8, 4) is 28.7 Å². The lowest BCUT2D eigenvalue weighted by molar-refractivity contribution is -0.131. The smallest absolute Gasteiger partial charge is 0.236 e. The standard InChI is InChI=1S/C26H25FN8O/c1-17-13-18(8-10-29-17)25-24(27)21(15-30-19-5-4-11-34(16-19)23(36)7-9-28)32-26(33-25)20-14-31-35-12-3-2-6-22(20)35/h2-3,6,8,10,12-14,19,30H,4-5,7,11,15-16H2,1H3/t19-/m1/s1. The van der Waals surface area contributed by atoms with E-state index in [-0.39, 0.29) is 36.3 Å². The van der Waals surface area contributed by atoms with E-state index in [1.165, 1.54) is 0 Å². The van der Waals surface area contributed by atoms with Gasteiger partial charge in [-0.3, -0.25) is 9.78 Å². The molecule has 0 bridgehead atoms. The predicted octanol–water partition coefficient (Wildman–Crippen LogP) is 3.30. The Balaban J connectivity index is 1.48. The van der Waals surface area contributed by atoms with Crippen molar-refractivity contribution >= 4 is 11.4 Å². The van der Waals surface area contributed by atoms with E-state index >= 15 is 4.39 Å². The zero-order chi connectivity index (χ0) is 25.1. The topological polar surface area (TPSA) is 112 Å². The second-order valence-corrected chi connectivity index (χ2v) is 8.83. The number of nitrogens with one attached hydrogen (secondary N) is 1. The Morgan fingerprint density at radius 2 is 2.19 bits per heavy atom. The number of rotatable bonds is 6. The molecular formula is C26H25FN8O. The van der Waals surface area contributed by atoms with E-state index in [2.05, 4.69) is 25.4 Å². The predicted molar refractivity (Wildman–Crippen MR) is 131 cm³/mol. The van der Waals surface area contributed by atoms with Crippen LogP contribution in [0.5, 0.6) is 0 Å². The van der Waals surface area contributed by atoms with Gasteiger partial charge in [-0.05, 0) is 44.0 Å². The third kappa shape index (κ3) is 4.78. The molecule has 10 heteroatoms. The largest absolute Gasteiger partial charge is 0.340 e. The Morgan fingerprint density at radius 3 is 3.03 bits per heavy atom. The van der Waals surface area contributed by atoms with Crippen molar-refractivity contribution in [1.29, 1.82) is 5.26 Å². The van der Waals surface area contributed by atoms with E-state index in [1.807, 2.05) is 37.4 Å². The maximum absolute atomic E-state index is 15.8. The molecule has 0 aliphatic carbocycles. The van der Waals surface area contributed by atoms with Crippen LogP contribution in [0.3, 0.4) is 0 Å². The van der Waals surface area contributed by atoms with E-state index in [4.69, 9.17) is 5.26 Å². The second-order valence-electron chi connectivity index (χ2n) is 8.83. The van der Waals surface area contributed by atoms with Crippen molar-refractivity contribution in [3.63, 3.8) is 0 Å². The van der Waals surface area contributed by atoms with Gasteiger partial charge < -0.3 is 10.2 Å². The van der Waals surface area contributed by atoms with Gasteiger partial charge in [-0.2, -0.15) is 10.4 Å². The molecule has 1 atom stereocenters. The van der Waals surface area contributed by atoms with Crippen molar-refractivity contribution < 1.29 is 9.18 Å². The molecule has 4 aromatic rings. The normalized spacial score (nSPS) is 15.7. The van der Waals surface area contributed by atoms with Crippen LogP contribution in [0.1, 0.15) is 30.7 Å². The van der Waals surface area contributed by atoms with Crippen LogP contribution in [0.2, 0.25) is 0 Å². The Bertz CT molecular complexity index is 1460. The monoisotopic (exact) mass is 484 g/mol. The Kier molecular flexibility index (Phi) is 6.64. The summed E-state index contributed by atoms with van der Waals surface area (Å²) >= 11 is 0. The van der Waals surface area contributed by atoms with Crippen molar-refractivity contribution in [2.75, 3.05) is 13.1 Å². The molecule has 0 aromatic carbocycles. The molecule has 0 saturated carbocycles. The van der Waals surface area contributed by atoms with Gasteiger partial charge in [0.15, 0.2) is 11.6 Å². The van der Waals surface area contributed by atoms with Crippen molar-refractivity contribution in [2.24, 2.45) is 0 Å². The van der Waals surface area contributed by atoms with Crippen LogP contribution in [0.15, 0.2) is 48.9 Å². The molecule has 4 aromatic heterocycles. The molecule has 0 radical (unpaired) electrons. The number of piperidine rings is 1. The van der Waals surface area contributed by atoms with E-state index in [1.54, 1.807) is 33.9 Å². The highest BCUT2D eigenvalue weighted by Gasteiger charge is 2.25. The first-order chi connectivity index (χ1) is 17.5. The molecule has 0 spiro atoms. The Morgan fingerprint density at radius 1 is 1.31 bits per heavy atom. The van der Waals surface area contributed by atoms with Crippen LogP contribution in [0, 0.1) is 24.1 Å². The molecule has 5 rings (SSSR count). The highest BCUT2D eigenvalue weighted by molar-refractivity contribution is 5.78. The molecule has 1 aliphatic rings. The number of aryl methyl sites for hydroxylation is 1. The van der Waals surface area contributed by atoms with Crippen molar-refractivity contribution in [1.82, 2.24) is 34.8 Å². The van der Waals surface area contributed by atoms with Crippen molar-refractivity contribution in [3.05, 3.63) is 66.1 Å². The fourth-order valence-electron chi connectivity index (χ4n) is 4.51. The van der Waals surface area contributed by atoms with Crippen LogP contribution in [-0.4, -0.2) is 54.5 Å². The molecule has 0 unspecified atom stereocenters. The summed E-state index contributed by atoms with van der Waals surface area (Å²) in [7, 11) is 0. The summed E-state index contributed by atoms with van der Waals surface area (Å²) in [5.41, 5.74) is 3.33. The van der Waals surface area contributed by atoms with Gasteiger partial charge in [-0.15, -0.1) is 0 Å². The maximum atomic E-state index is 15.8. The first-order valence-corrected chi connectivity index (χ1v) is 11.8. The molecule has 9 nitrogen and oxygen atoms in total. The summed E-state index contributed by atoms with van der Waals surface area (Å²) in [5.74, 6) is -0.294. The van der Waals surface area contributed by atoms with Crippen LogP contribution < -0.4 is 5.32 Å². The minimum Gasteiger partial charge on any atom is -0.340 e. The number of nitrogens with zero attached hydrogens (tertiary/aromatic N) is 7. The number of likely N-dealkylation sites (tertiary alicyclic amines) is 1. The third-order valence-corrected chi connectivity index (χ3v) is 6.32. The molecule has 1 aliphatic heterocycles. The molecule has 182 valence electrons.